The van der Waals surface area contributed by atoms with Gasteiger partial charge in [-0.2, -0.15) is 0 Å². The molecule has 1 aromatic carbocycles. The quantitative estimate of drug-likeness (QED) is 0.780. The first-order chi connectivity index (χ1) is 15.5. The van der Waals surface area contributed by atoms with Gasteiger partial charge in [-0.1, -0.05) is 26.0 Å². The van der Waals surface area contributed by atoms with Crippen LogP contribution in [0.25, 0.3) is 0 Å². The number of methoxy groups -OCH3 is 1. The number of urea groups is 1. The largest absolute Gasteiger partial charge is 0.497 e. The fourth-order valence-electron chi connectivity index (χ4n) is 4.62. The van der Waals surface area contributed by atoms with Crippen molar-refractivity contribution in [1.29, 1.82) is 0 Å². The summed E-state index contributed by atoms with van der Waals surface area (Å²) in [6, 6.07) is 9.94. The number of fused-ring (bicyclic) bond motifs is 3. The molecule has 168 valence electrons. The maximum atomic E-state index is 13.0. The van der Waals surface area contributed by atoms with Crippen molar-refractivity contribution in [2.75, 3.05) is 50.2 Å². The van der Waals surface area contributed by atoms with E-state index >= 15 is 0 Å². The van der Waals surface area contributed by atoms with Gasteiger partial charge >= 0.3 is 6.03 Å². The van der Waals surface area contributed by atoms with Crippen molar-refractivity contribution in [3.05, 3.63) is 47.8 Å². The highest BCUT2D eigenvalue weighted by molar-refractivity contribution is 6.18. The molecule has 1 atom stereocenters. The number of carbonyl (C=O) groups excluding carboxylic acids is 1. The number of carbonyl (C=O) groups is 1. The summed E-state index contributed by atoms with van der Waals surface area (Å²) in [5.74, 6) is 1.74. The molecule has 0 bridgehead atoms. The second kappa shape index (κ2) is 8.09. The van der Waals surface area contributed by atoms with Crippen molar-refractivity contribution in [3.8, 4) is 5.75 Å². The lowest BCUT2D eigenvalue weighted by molar-refractivity contribution is 0.122. The minimum absolute atomic E-state index is 0.144. The van der Waals surface area contributed by atoms with E-state index < -0.39 is 5.54 Å². The average molecular weight is 436 g/mol. The molecule has 2 aromatic rings. The van der Waals surface area contributed by atoms with Crippen molar-refractivity contribution in [3.63, 3.8) is 0 Å². The number of nitrogens with zero attached hydrogens (tertiary/aromatic N) is 4. The highest BCUT2D eigenvalue weighted by Gasteiger charge is 2.47. The standard InChI is InChI=1S/C24H29N5O3/c1-16(2)24(13-17-4-6-19(31-3)7-5-17)15-29-22(27-24)21-20(26-23(29)30)12-18(14-25-21)28-8-10-32-11-9-28/h4-7,12,14,16H,8-11,13,15H2,1-3H3,(H,26,30). The van der Waals surface area contributed by atoms with Crippen molar-refractivity contribution < 1.29 is 14.3 Å². The van der Waals surface area contributed by atoms with E-state index in [1.54, 1.807) is 12.0 Å². The number of pyridine rings is 1. The minimum atomic E-state index is -0.409. The normalized spacial score (nSPS) is 22.4. The van der Waals surface area contributed by atoms with Crippen LogP contribution < -0.4 is 15.0 Å². The Hall–Kier alpha value is -3.13. The molecule has 0 radical (unpaired) electrons. The number of anilines is 2. The van der Waals surface area contributed by atoms with Gasteiger partial charge in [0.1, 0.15) is 11.4 Å². The molecule has 5 rings (SSSR count). The van der Waals surface area contributed by atoms with Gasteiger partial charge in [0.25, 0.3) is 0 Å². The molecule has 1 saturated heterocycles. The van der Waals surface area contributed by atoms with Gasteiger partial charge in [0, 0.05) is 13.1 Å². The van der Waals surface area contributed by atoms with Crippen LogP contribution in [-0.4, -0.2) is 67.2 Å². The molecule has 3 aliphatic rings. The predicted molar refractivity (Wildman–Crippen MR) is 124 cm³/mol. The second-order valence-corrected chi connectivity index (χ2v) is 8.92. The Balaban J connectivity index is 1.49. The molecule has 1 fully saturated rings. The minimum Gasteiger partial charge on any atom is -0.497 e. The van der Waals surface area contributed by atoms with E-state index in [4.69, 9.17) is 19.5 Å². The lowest BCUT2D eigenvalue weighted by Gasteiger charge is -2.32. The van der Waals surface area contributed by atoms with Gasteiger partial charge in [0.2, 0.25) is 0 Å². The molecule has 8 heteroatoms. The Morgan fingerprint density at radius 2 is 1.97 bits per heavy atom. The molecule has 8 nitrogen and oxygen atoms in total. The third kappa shape index (κ3) is 3.58. The third-order valence-corrected chi connectivity index (χ3v) is 6.71. The van der Waals surface area contributed by atoms with Crippen LogP contribution in [0.3, 0.4) is 0 Å². The first-order valence-electron chi connectivity index (χ1n) is 11.1. The Kier molecular flexibility index (Phi) is 5.25. The summed E-state index contributed by atoms with van der Waals surface area (Å²) >= 11 is 0. The van der Waals surface area contributed by atoms with Gasteiger partial charge in [-0.05, 0) is 36.1 Å². The van der Waals surface area contributed by atoms with E-state index in [-0.39, 0.29) is 11.9 Å². The van der Waals surface area contributed by atoms with Crippen molar-refractivity contribution in [2.24, 2.45) is 10.9 Å². The van der Waals surface area contributed by atoms with Gasteiger partial charge in [-0.25, -0.2) is 9.78 Å². The molecule has 1 unspecified atom stereocenters. The summed E-state index contributed by atoms with van der Waals surface area (Å²) < 4.78 is 10.7. The number of morpholine rings is 1. The molecule has 0 aliphatic carbocycles. The zero-order valence-corrected chi connectivity index (χ0v) is 18.8. The maximum Gasteiger partial charge on any atom is 0.327 e. The highest BCUT2D eigenvalue weighted by Crippen LogP contribution is 2.38. The van der Waals surface area contributed by atoms with Crippen LogP contribution in [-0.2, 0) is 11.2 Å². The number of hydrogen-bond donors (Lipinski definition) is 1. The number of ether oxygens (including phenoxy) is 2. The summed E-state index contributed by atoms with van der Waals surface area (Å²) in [6.07, 6.45) is 2.62. The van der Waals surface area contributed by atoms with Crippen LogP contribution in [0.5, 0.6) is 5.75 Å². The molecular weight excluding hydrogens is 406 g/mol. The molecule has 1 aromatic heterocycles. The fraction of sp³-hybridized carbons (Fsp3) is 0.458. The molecular formula is C24H29N5O3. The van der Waals surface area contributed by atoms with E-state index in [0.29, 0.717) is 25.6 Å². The van der Waals surface area contributed by atoms with Gasteiger partial charge in [-0.3, -0.25) is 9.89 Å². The Morgan fingerprint density at radius 3 is 2.66 bits per heavy atom. The van der Waals surface area contributed by atoms with Crippen molar-refractivity contribution >= 4 is 23.2 Å². The number of benzene rings is 1. The van der Waals surface area contributed by atoms with Gasteiger partial charge in [0.05, 0.1) is 50.0 Å². The van der Waals surface area contributed by atoms with E-state index in [9.17, 15) is 4.79 Å². The maximum absolute atomic E-state index is 13.0. The first-order valence-corrected chi connectivity index (χ1v) is 11.1. The van der Waals surface area contributed by atoms with Crippen molar-refractivity contribution in [2.45, 2.75) is 25.8 Å². The van der Waals surface area contributed by atoms with Crippen LogP contribution in [0, 0.1) is 5.92 Å². The summed E-state index contributed by atoms with van der Waals surface area (Å²) in [5.41, 5.74) is 3.21. The summed E-state index contributed by atoms with van der Waals surface area (Å²) in [7, 11) is 1.67. The number of amides is 2. The van der Waals surface area contributed by atoms with Crippen LogP contribution in [0.2, 0.25) is 0 Å². The zero-order valence-electron chi connectivity index (χ0n) is 18.8. The third-order valence-electron chi connectivity index (χ3n) is 6.71. The molecule has 32 heavy (non-hydrogen) atoms. The van der Waals surface area contributed by atoms with E-state index in [1.807, 2.05) is 24.4 Å². The average Bonchev–Trinajstić information content (AvgIpc) is 3.22. The monoisotopic (exact) mass is 435 g/mol. The lowest BCUT2D eigenvalue weighted by atomic mass is 9.81. The van der Waals surface area contributed by atoms with Gasteiger partial charge < -0.3 is 19.7 Å². The Morgan fingerprint density at radius 1 is 1.22 bits per heavy atom. The second-order valence-electron chi connectivity index (χ2n) is 8.92. The van der Waals surface area contributed by atoms with Gasteiger partial charge in [-0.15, -0.1) is 0 Å². The Labute approximate surface area is 188 Å². The number of nitrogens with one attached hydrogen (secondary N) is 1. The molecule has 2 amide bonds. The van der Waals surface area contributed by atoms with Crippen molar-refractivity contribution in [1.82, 2.24) is 9.88 Å². The summed E-state index contributed by atoms with van der Waals surface area (Å²) in [5, 5.41) is 3.04. The number of rotatable bonds is 5. The predicted octanol–water partition coefficient (Wildman–Crippen LogP) is 3.17. The van der Waals surface area contributed by atoms with E-state index in [2.05, 4.69) is 36.2 Å². The number of aromatic nitrogens is 1. The summed E-state index contributed by atoms with van der Waals surface area (Å²) in [4.78, 5) is 26.9. The van der Waals surface area contributed by atoms with Gasteiger partial charge in [0.15, 0.2) is 5.84 Å². The molecule has 4 heterocycles. The number of hydrogen-bond acceptors (Lipinski definition) is 6. The Bertz CT molecular complexity index is 1050. The highest BCUT2D eigenvalue weighted by atomic mass is 16.5. The molecule has 0 saturated carbocycles. The SMILES string of the molecule is COc1ccc(CC2(C(C)C)CN3C(=O)Nc4cc(N5CCOCC5)cnc4C3=N2)cc1. The fourth-order valence-corrected chi connectivity index (χ4v) is 4.62. The van der Waals surface area contributed by atoms with Crippen LogP contribution in [0.1, 0.15) is 25.1 Å². The molecule has 1 N–H and O–H groups in total. The number of aliphatic imine (C=N–C) groups is 1. The van der Waals surface area contributed by atoms with Crippen LogP contribution >= 0.6 is 0 Å². The van der Waals surface area contributed by atoms with E-state index in [0.717, 1.165) is 42.3 Å². The smallest absolute Gasteiger partial charge is 0.327 e. The number of amidine groups is 1. The first kappa shape index (κ1) is 20.8. The molecule has 0 spiro atoms. The molecule has 3 aliphatic heterocycles. The zero-order chi connectivity index (χ0) is 22.3. The van der Waals surface area contributed by atoms with Crippen LogP contribution in [0.15, 0.2) is 41.5 Å². The topological polar surface area (TPSA) is 79.3 Å². The van der Waals surface area contributed by atoms with E-state index in [1.165, 1.54) is 5.56 Å². The lowest BCUT2D eigenvalue weighted by Crippen LogP contribution is -2.47. The van der Waals surface area contributed by atoms with Crippen LogP contribution in [0.4, 0.5) is 16.2 Å². The summed E-state index contributed by atoms with van der Waals surface area (Å²) in [6.45, 7) is 7.90.